The van der Waals surface area contributed by atoms with Crippen molar-refractivity contribution in [2.45, 2.75) is 38.5 Å². The minimum Gasteiger partial charge on any atom is -0.370 e. The van der Waals surface area contributed by atoms with Gasteiger partial charge in [0.1, 0.15) is 0 Å². The zero-order valence-electron chi connectivity index (χ0n) is 17.3. The standard InChI is InChI=1S/C25H31N3O/c29-25-21-7-2-6-20-22(27-13-3-12-26(14-15-27)16-19-8-9-19)10-11-23(24(20)21)28(25)17-18-4-1-5-18/h2,6-7,10-11,18-19H,1,3-5,8-9,12-17H2. The maximum Gasteiger partial charge on any atom is 0.259 e. The minimum absolute atomic E-state index is 0.209. The Labute approximate surface area is 173 Å². The summed E-state index contributed by atoms with van der Waals surface area (Å²) in [6.45, 7) is 6.77. The molecule has 2 aliphatic heterocycles. The van der Waals surface area contributed by atoms with Gasteiger partial charge in [-0.2, -0.15) is 0 Å². The average molecular weight is 390 g/mol. The van der Waals surface area contributed by atoms with E-state index in [1.807, 2.05) is 6.07 Å². The fourth-order valence-corrected chi connectivity index (χ4v) is 5.48. The van der Waals surface area contributed by atoms with Gasteiger partial charge in [0.25, 0.3) is 5.91 Å². The van der Waals surface area contributed by atoms with Gasteiger partial charge in [-0.1, -0.05) is 18.6 Å². The van der Waals surface area contributed by atoms with E-state index in [9.17, 15) is 4.79 Å². The molecule has 1 saturated heterocycles. The maximum absolute atomic E-state index is 13.2. The summed E-state index contributed by atoms with van der Waals surface area (Å²) in [5.41, 5.74) is 3.36. The van der Waals surface area contributed by atoms with Crippen LogP contribution >= 0.6 is 0 Å². The van der Waals surface area contributed by atoms with Crippen molar-refractivity contribution in [2.75, 3.05) is 49.1 Å². The Morgan fingerprint density at radius 2 is 1.62 bits per heavy atom. The fourth-order valence-electron chi connectivity index (χ4n) is 5.48. The molecule has 4 heteroatoms. The van der Waals surface area contributed by atoms with E-state index < -0.39 is 0 Å². The SMILES string of the molecule is O=C1c2cccc3c(N4CCCN(CC5CC5)CC4)ccc(c23)N1CC1CCC1. The minimum atomic E-state index is 0.209. The molecule has 2 aromatic carbocycles. The largest absolute Gasteiger partial charge is 0.370 e. The van der Waals surface area contributed by atoms with Gasteiger partial charge in [0.2, 0.25) is 0 Å². The lowest BCUT2D eigenvalue weighted by atomic mass is 9.85. The van der Waals surface area contributed by atoms with Crippen LogP contribution in [0.4, 0.5) is 11.4 Å². The van der Waals surface area contributed by atoms with E-state index in [-0.39, 0.29) is 5.91 Å². The number of hydrogen-bond acceptors (Lipinski definition) is 3. The Morgan fingerprint density at radius 3 is 2.41 bits per heavy atom. The van der Waals surface area contributed by atoms with Crippen molar-refractivity contribution in [1.82, 2.24) is 4.90 Å². The first-order valence-corrected chi connectivity index (χ1v) is 11.6. The van der Waals surface area contributed by atoms with Crippen LogP contribution in [0.5, 0.6) is 0 Å². The Bertz CT molecular complexity index is 946. The van der Waals surface area contributed by atoms with Crippen molar-refractivity contribution < 1.29 is 4.79 Å². The van der Waals surface area contributed by atoms with E-state index in [4.69, 9.17) is 0 Å². The second-order valence-electron chi connectivity index (χ2n) is 9.63. The highest BCUT2D eigenvalue weighted by molar-refractivity contribution is 6.26. The summed E-state index contributed by atoms with van der Waals surface area (Å²) in [7, 11) is 0. The normalized spacial score (nSPS) is 23.0. The molecular weight excluding hydrogens is 358 g/mol. The van der Waals surface area contributed by atoms with Crippen LogP contribution < -0.4 is 9.80 Å². The van der Waals surface area contributed by atoms with Gasteiger partial charge in [-0.25, -0.2) is 0 Å². The first-order chi connectivity index (χ1) is 14.3. The van der Waals surface area contributed by atoms with Crippen LogP contribution in [0.25, 0.3) is 10.8 Å². The number of nitrogens with zero attached hydrogens (tertiary/aromatic N) is 3. The number of benzene rings is 2. The van der Waals surface area contributed by atoms with Crippen molar-refractivity contribution in [3.05, 3.63) is 35.9 Å². The summed E-state index contributed by atoms with van der Waals surface area (Å²) >= 11 is 0. The first-order valence-electron chi connectivity index (χ1n) is 11.6. The predicted molar refractivity (Wildman–Crippen MR) is 119 cm³/mol. The highest BCUT2D eigenvalue weighted by Crippen LogP contribution is 2.43. The lowest BCUT2D eigenvalue weighted by Gasteiger charge is -2.31. The van der Waals surface area contributed by atoms with Crippen LogP contribution in [0.15, 0.2) is 30.3 Å². The third-order valence-corrected chi connectivity index (χ3v) is 7.57. The Kier molecular flexibility index (Phi) is 4.30. The summed E-state index contributed by atoms with van der Waals surface area (Å²) in [6, 6.07) is 10.8. The van der Waals surface area contributed by atoms with Crippen LogP contribution in [0.2, 0.25) is 0 Å². The molecule has 0 N–H and O–H groups in total. The van der Waals surface area contributed by atoms with Gasteiger partial charge in [-0.05, 0) is 68.7 Å². The lowest BCUT2D eigenvalue weighted by Crippen LogP contribution is -2.34. The zero-order valence-corrected chi connectivity index (χ0v) is 17.3. The molecule has 0 atom stereocenters. The molecule has 152 valence electrons. The second-order valence-corrected chi connectivity index (χ2v) is 9.63. The number of carbonyl (C=O) groups excluding carboxylic acids is 1. The summed E-state index contributed by atoms with van der Waals surface area (Å²) < 4.78 is 0. The number of amides is 1. The number of rotatable bonds is 5. The van der Waals surface area contributed by atoms with Gasteiger partial charge in [-0.3, -0.25) is 4.79 Å². The molecular formula is C25H31N3O. The van der Waals surface area contributed by atoms with Gasteiger partial charge < -0.3 is 14.7 Å². The van der Waals surface area contributed by atoms with E-state index in [0.717, 1.165) is 43.3 Å². The van der Waals surface area contributed by atoms with Crippen molar-refractivity contribution in [1.29, 1.82) is 0 Å². The van der Waals surface area contributed by atoms with E-state index >= 15 is 0 Å². The molecule has 2 saturated carbocycles. The van der Waals surface area contributed by atoms with Gasteiger partial charge in [0.05, 0.1) is 5.69 Å². The second kappa shape index (κ2) is 7.02. The number of hydrogen-bond donors (Lipinski definition) is 0. The fraction of sp³-hybridized carbons (Fsp3) is 0.560. The molecule has 29 heavy (non-hydrogen) atoms. The quantitative estimate of drug-likeness (QED) is 0.752. The van der Waals surface area contributed by atoms with Crippen LogP contribution in [-0.2, 0) is 0 Å². The lowest BCUT2D eigenvalue weighted by molar-refractivity contribution is 0.0984. The Morgan fingerprint density at radius 1 is 0.793 bits per heavy atom. The molecule has 0 spiro atoms. The van der Waals surface area contributed by atoms with Gasteiger partial charge in [0.15, 0.2) is 0 Å². The molecule has 4 aliphatic rings. The zero-order chi connectivity index (χ0) is 19.4. The molecule has 0 radical (unpaired) electrons. The Hall–Kier alpha value is -2.07. The third kappa shape index (κ3) is 3.13. The van der Waals surface area contributed by atoms with Crippen LogP contribution in [0.3, 0.4) is 0 Å². The summed E-state index contributed by atoms with van der Waals surface area (Å²) in [5.74, 6) is 1.86. The molecule has 4 nitrogen and oxygen atoms in total. The first kappa shape index (κ1) is 17.8. The van der Waals surface area contributed by atoms with Gasteiger partial charge >= 0.3 is 0 Å². The molecule has 0 unspecified atom stereocenters. The number of anilines is 2. The third-order valence-electron chi connectivity index (χ3n) is 7.57. The van der Waals surface area contributed by atoms with Crippen molar-refractivity contribution in [3.63, 3.8) is 0 Å². The monoisotopic (exact) mass is 389 g/mol. The van der Waals surface area contributed by atoms with E-state index in [1.165, 1.54) is 68.1 Å². The van der Waals surface area contributed by atoms with Crippen LogP contribution in [-0.4, -0.2) is 50.1 Å². The van der Waals surface area contributed by atoms with Crippen LogP contribution in [0, 0.1) is 11.8 Å². The topological polar surface area (TPSA) is 26.8 Å². The van der Waals surface area contributed by atoms with Crippen molar-refractivity contribution in [2.24, 2.45) is 11.8 Å². The summed E-state index contributed by atoms with van der Waals surface area (Å²) in [4.78, 5) is 20.4. The summed E-state index contributed by atoms with van der Waals surface area (Å²) in [5, 5.41) is 2.45. The summed E-state index contributed by atoms with van der Waals surface area (Å²) in [6.07, 6.45) is 7.95. The molecule has 6 rings (SSSR count). The number of carbonyl (C=O) groups is 1. The molecule has 0 aromatic heterocycles. The van der Waals surface area contributed by atoms with Gasteiger partial charge in [0, 0.05) is 54.7 Å². The highest BCUT2D eigenvalue weighted by Gasteiger charge is 2.34. The molecule has 3 fully saturated rings. The van der Waals surface area contributed by atoms with E-state index in [1.54, 1.807) is 0 Å². The molecule has 1 amide bonds. The average Bonchev–Trinajstić information content (AvgIpc) is 3.50. The smallest absolute Gasteiger partial charge is 0.259 e. The van der Waals surface area contributed by atoms with E-state index in [0.29, 0.717) is 5.92 Å². The maximum atomic E-state index is 13.2. The Balaban J connectivity index is 1.31. The molecule has 0 bridgehead atoms. The van der Waals surface area contributed by atoms with Gasteiger partial charge in [-0.15, -0.1) is 0 Å². The molecule has 2 aliphatic carbocycles. The highest BCUT2D eigenvalue weighted by atomic mass is 16.2. The van der Waals surface area contributed by atoms with Crippen molar-refractivity contribution >= 4 is 28.1 Å². The van der Waals surface area contributed by atoms with E-state index in [2.05, 4.69) is 39.0 Å². The predicted octanol–water partition coefficient (Wildman–Crippen LogP) is 4.52. The molecule has 2 aromatic rings. The van der Waals surface area contributed by atoms with Crippen molar-refractivity contribution in [3.8, 4) is 0 Å². The van der Waals surface area contributed by atoms with Crippen LogP contribution in [0.1, 0.15) is 48.9 Å². The molecule has 2 heterocycles.